The zero-order chi connectivity index (χ0) is 15.2. The third kappa shape index (κ3) is 3.66. The number of H-pyrrole nitrogens is 1. The molecule has 0 aliphatic heterocycles. The Morgan fingerprint density at radius 2 is 2.25 bits per heavy atom. The lowest BCUT2D eigenvalue weighted by molar-refractivity contribution is 0.182. The maximum atomic E-state index is 12.7. The Morgan fingerprint density at radius 1 is 1.55 bits per heavy atom. The molecule has 0 saturated heterocycles. The van der Waals surface area contributed by atoms with Crippen molar-refractivity contribution in [3.63, 3.8) is 0 Å². The first-order valence-corrected chi connectivity index (χ1v) is 7.71. The molecule has 1 aromatic heterocycles. The summed E-state index contributed by atoms with van der Waals surface area (Å²) in [6.07, 6.45) is 1.56. The van der Waals surface area contributed by atoms with E-state index in [-0.39, 0.29) is 18.0 Å². The van der Waals surface area contributed by atoms with Gasteiger partial charge in [0, 0.05) is 26.7 Å². The molecule has 8 heteroatoms. The first kappa shape index (κ1) is 16.8. The van der Waals surface area contributed by atoms with Crippen molar-refractivity contribution in [1.29, 1.82) is 0 Å². The molecular weight excluding hydrogens is 280 g/mol. The van der Waals surface area contributed by atoms with Gasteiger partial charge < -0.3 is 10.1 Å². The van der Waals surface area contributed by atoms with Gasteiger partial charge in [0.25, 0.3) is 0 Å². The van der Waals surface area contributed by atoms with Crippen molar-refractivity contribution in [3.8, 4) is 0 Å². The Kier molecular flexibility index (Phi) is 6.34. The van der Waals surface area contributed by atoms with Gasteiger partial charge >= 0.3 is 0 Å². The van der Waals surface area contributed by atoms with Gasteiger partial charge in [0.1, 0.15) is 4.90 Å². The van der Waals surface area contributed by atoms with Crippen molar-refractivity contribution >= 4 is 10.0 Å². The highest BCUT2D eigenvalue weighted by atomic mass is 32.2. The molecule has 0 radical (unpaired) electrons. The molecule has 1 rings (SSSR count). The van der Waals surface area contributed by atoms with Gasteiger partial charge in [-0.15, -0.1) is 6.58 Å². The summed E-state index contributed by atoms with van der Waals surface area (Å²) in [5.41, 5.74) is 1.01. The predicted molar refractivity (Wildman–Crippen MR) is 76.9 cm³/mol. The van der Waals surface area contributed by atoms with E-state index in [0.717, 1.165) is 0 Å². The molecule has 0 saturated carbocycles. The summed E-state index contributed by atoms with van der Waals surface area (Å²) in [7, 11) is -0.348. The first-order chi connectivity index (χ1) is 9.48. The minimum absolute atomic E-state index is 0.227. The van der Waals surface area contributed by atoms with Crippen molar-refractivity contribution in [3.05, 3.63) is 24.0 Å². The van der Waals surface area contributed by atoms with Crippen molar-refractivity contribution in [2.75, 3.05) is 33.9 Å². The number of nitrogens with zero attached hydrogens (tertiary/aromatic N) is 2. The fourth-order valence-corrected chi connectivity index (χ4v) is 3.60. The van der Waals surface area contributed by atoms with E-state index >= 15 is 0 Å². The zero-order valence-electron chi connectivity index (χ0n) is 12.1. The second kappa shape index (κ2) is 7.53. The summed E-state index contributed by atoms with van der Waals surface area (Å²) in [5.74, 6) is 0. The lowest BCUT2D eigenvalue weighted by Gasteiger charge is -2.20. The summed E-state index contributed by atoms with van der Waals surface area (Å²) in [6, 6.07) is 0. The monoisotopic (exact) mass is 302 g/mol. The lowest BCUT2D eigenvalue weighted by atomic mass is 10.4. The standard InChI is InChI=1S/C12H22N4O3S/c1-5-6-16(7-8-19-4)20(17,18)12-10(2)14-15-11(12)9-13-3/h5,13H,1,6-9H2,2-4H3,(H,14,15). The third-order valence-corrected chi connectivity index (χ3v) is 4.85. The van der Waals surface area contributed by atoms with Gasteiger partial charge in [-0.05, 0) is 14.0 Å². The highest BCUT2D eigenvalue weighted by molar-refractivity contribution is 7.89. The van der Waals surface area contributed by atoms with Crippen LogP contribution >= 0.6 is 0 Å². The van der Waals surface area contributed by atoms with Crippen molar-refractivity contribution in [2.45, 2.75) is 18.4 Å². The molecule has 0 aliphatic rings. The number of aromatic amines is 1. The maximum Gasteiger partial charge on any atom is 0.247 e. The van der Waals surface area contributed by atoms with Gasteiger partial charge in [-0.25, -0.2) is 8.42 Å². The molecule has 0 atom stereocenters. The lowest BCUT2D eigenvalue weighted by Crippen LogP contribution is -2.35. The van der Waals surface area contributed by atoms with Crippen LogP contribution in [0.1, 0.15) is 11.4 Å². The molecule has 1 heterocycles. The van der Waals surface area contributed by atoms with Crippen LogP contribution < -0.4 is 5.32 Å². The van der Waals surface area contributed by atoms with Gasteiger partial charge in [0.2, 0.25) is 10.0 Å². The molecular formula is C12H22N4O3S. The fraction of sp³-hybridized carbons (Fsp3) is 0.583. The van der Waals surface area contributed by atoms with Gasteiger partial charge in [-0.3, -0.25) is 5.10 Å². The maximum absolute atomic E-state index is 12.7. The van der Waals surface area contributed by atoms with E-state index in [4.69, 9.17) is 4.74 Å². The average Bonchev–Trinajstić information content (AvgIpc) is 2.76. The van der Waals surface area contributed by atoms with Gasteiger partial charge in [0.15, 0.2) is 0 Å². The first-order valence-electron chi connectivity index (χ1n) is 6.27. The number of ether oxygens (including phenoxy) is 1. The Balaban J connectivity index is 3.18. The van der Waals surface area contributed by atoms with E-state index in [9.17, 15) is 8.42 Å². The highest BCUT2D eigenvalue weighted by Gasteiger charge is 2.29. The number of aromatic nitrogens is 2. The number of sulfonamides is 1. The van der Waals surface area contributed by atoms with Crippen LogP contribution in [0.4, 0.5) is 0 Å². The van der Waals surface area contributed by atoms with Crippen LogP contribution in [0.25, 0.3) is 0 Å². The van der Waals surface area contributed by atoms with Crippen LogP contribution in [0.5, 0.6) is 0 Å². The Hall–Kier alpha value is -1.22. The summed E-state index contributed by atoms with van der Waals surface area (Å²) < 4.78 is 31.8. The predicted octanol–water partition coefficient (Wildman–Crippen LogP) is 0.261. The number of nitrogens with one attached hydrogen (secondary N) is 2. The summed E-state index contributed by atoms with van der Waals surface area (Å²) >= 11 is 0. The molecule has 0 unspecified atom stereocenters. The van der Waals surface area contributed by atoms with E-state index in [1.807, 2.05) is 0 Å². The normalized spacial score (nSPS) is 12.0. The van der Waals surface area contributed by atoms with E-state index in [1.54, 1.807) is 20.0 Å². The molecule has 0 fully saturated rings. The average molecular weight is 302 g/mol. The number of methoxy groups -OCH3 is 1. The second-order valence-corrected chi connectivity index (χ2v) is 6.17. The molecule has 20 heavy (non-hydrogen) atoms. The highest BCUT2D eigenvalue weighted by Crippen LogP contribution is 2.22. The molecule has 114 valence electrons. The van der Waals surface area contributed by atoms with E-state index in [2.05, 4.69) is 22.1 Å². The largest absolute Gasteiger partial charge is 0.383 e. The number of hydrogen-bond donors (Lipinski definition) is 2. The zero-order valence-corrected chi connectivity index (χ0v) is 13.0. The summed E-state index contributed by atoms with van der Waals surface area (Å²) in [4.78, 5) is 0.227. The second-order valence-electron chi connectivity index (χ2n) is 4.30. The van der Waals surface area contributed by atoms with Crippen LogP contribution in [-0.2, 0) is 21.3 Å². The Labute approximate surface area is 120 Å². The van der Waals surface area contributed by atoms with E-state index in [0.29, 0.717) is 24.5 Å². The van der Waals surface area contributed by atoms with Gasteiger partial charge in [0.05, 0.1) is 18.0 Å². The summed E-state index contributed by atoms with van der Waals surface area (Å²) in [5, 5.41) is 9.69. The molecule has 2 N–H and O–H groups in total. The molecule has 0 spiro atoms. The van der Waals surface area contributed by atoms with Crippen LogP contribution in [-0.4, -0.2) is 56.8 Å². The molecule has 1 aromatic rings. The van der Waals surface area contributed by atoms with Crippen molar-refractivity contribution in [1.82, 2.24) is 19.8 Å². The van der Waals surface area contributed by atoms with E-state index in [1.165, 1.54) is 11.4 Å². The molecule has 0 amide bonds. The minimum atomic E-state index is -3.63. The van der Waals surface area contributed by atoms with E-state index < -0.39 is 10.0 Å². The fourth-order valence-electron chi connectivity index (χ4n) is 1.87. The molecule has 0 bridgehead atoms. The summed E-state index contributed by atoms with van der Waals surface area (Å²) in [6.45, 7) is 6.51. The molecule has 7 nitrogen and oxygen atoms in total. The SMILES string of the molecule is C=CCN(CCOC)S(=O)(=O)c1c(CNC)n[nH]c1C. The van der Waals surface area contributed by atoms with Crippen LogP contribution in [0.3, 0.4) is 0 Å². The number of rotatable bonds is 9. The third-order valence-electron chi connectivity index (χ3n) is 2.78. The topological polar surface area (TPSA) is 87.3 Å². The molecule has 0 aromatic carbocycles. The van der Waals surface area contributed by atoms with Crippen LogP contribution in [0.2, 0.25) is 0 Å². The quantitative estimate of drug-likeness (QED) is 0.639. The van der Waals surface area contributed by atoms with Gasteiger partial charge in [-0.1, -0.05) is 6.08 Å². The minimum Gasteiger partial charge on any atom is -0.383 e. The smallest absolute Gasteiger partial charge is 0.247 e. The number of hydrogen-bond acceptors (Lipinski definition) is 5. The molecule has 0 aliphatic carbocycles. The van der Waals surface area contributed by atoms with Crippen LogP contribution in [0.15, 0.2) is 17.6 Å². The Bertz CT molecular complexity index is 539. The number of aryl methyl sites for hydroxylation is 1. The van der Waals surface area contributed by atoms with Crippen LogP contribution in [0, 0.1) is 6.92 Å². The van der Waals surface area contributed by atoms with Gasteiger partial charge in [-0.2, -0.15) is 9.40 Å². The van der Waals surface area contributed by atoms with Crippen molar-refractivity contribution in [2.24, 2.45) is 0 Å². The van der Waals surface area contributed by atoms with Crippen molar-refractivity contribution < 1.29 is 13.2 Å². The Morgan fingerprint density at radius 3 is 2.80 bits per heavy atom.